The highest BCUT2D eigenvalue weighted by Crippen LogP contribution is 2.32. The lowest BCUT2D eigenvalue weighted by molar-refractivity contribution is -0.138. The maximum atomic E-state index is 13.5. The van der Waals surface area contributed by atoms with Gasteiger partial charge in [0.15, 0.2) is 11.6 Å². The van der Waals surface area contributed by atoms with Crippen molar-refractivity contribution in [2.45, 2.75) is 25.8 Å². The summed E-state index contributed by atoms with van der Waals surface area (Å²) in [5, 5.41) is 1.70. The van der Waals surface area contributed by atoms with E-state index in [2.05, 4.69) is 5.32 Å². The number of carbonyl (C=O) groups is 2. The number of benzene rings is 1. The largest absolute Gasteiger partial charge is 0.462 e. The summed E-state index contributed by atoms with van der Waals surface area (Å²) in [4.78, 5) is 24.4. The Labute approximate surface area is 141 Å². The Bertz CT molecular complexity index is 688. The minimum atomic E-state index is -1.36. The molecule has 1 aliphatic carbocycles. The lowest BCUT2D eigenvalue weighted by Crippen LogP contribution is -2.21. The number of hydrogen-bond donors (Lipinski definition) is 1. The topological polar surface area (TPSA) is 55.4 Å². The fourth-order valence-corrected chi connectivity index (χ4v) is 2.18. The molecule has 1 aliphatic rings. The van der Waals surface area contributed by atoms with Crippen molar-refractivity contribution in [3.05, 3.63) is 45.1 Å². The molecule has 8 heteroatoms. The number of carbonyl (C=O) groups excluding carboxylic acids is 2. The maximum absolute atomic E-state index is 13.5. The van der Waals surface area contributed by atoms with Gasteiger partial charge in [-0.2, -0.15) is 0 Å². The van der Waals surface area contributed by atoms with Gasteiger partial charge in [0.1, 0.15) is 5.57 Å². The Balaban J connectivity index is 2.40. The molecule has 1 aromatic carbocycles. The molecule has 0 radical (unpaired) electrons. The number of halogens is 4. The van der Waals surface area contributed by atoms with E-state index in [1.807, 2.05) is 0 Å². The number of ether oxygens (including phenoxy) is 1. The minimum Gasteiger partial charge on any atom is -0.462 e. The van der Waals surface area contributed by atoms with Crippen LogP contribution in [0.5, 0.6) is 0 Å². The molecule has 1 N–H and O–H groups in total. The first-order valence-corrected chi connectivity index (χ1v) is 7.63. The van der Waals surface area contributed by atoms with E-state index in [9.17, 15) is 18.4 Å². The summed E-state index contributed by atoms with van der Waals surface area (Å²) in [7, 11) is 0. The zero-order chi connectivity index (χ0) is 17.1. The predicted octanol–water partition coefficient (Wildman–Crippen LogP) is 3.65. The van der Waals surface area contributed by atoms with Crippen LogP contribution < -0.4 is 5.32 Å². The first-order chi connectivity index (χ1) is 10.9. The van der Waals surface area contributed by atoms with Crippen LogP contribution in [0.2, 0.25) is 10.0 Å². The van der Waals surface area contributed by atoms with Crippen molar-refractivity contribution in [3.63, 3.8) is 0 Å². The minimum absolute atomic E-state index is 0.0547. The normalized spacial score (nSPS) is 14.6. The van der Waals surface area contributed by atoms with E-state index in [-0.39, 0.29) is 18.2 Å². The van der Waals surface area contributed by atoms with Crippen molar-refractivity contribution < 1.29 is 23.1 Å². The van der Waals surface area contributed by atoms with Crippen LogP contribution in [0, 0.1) is 11.6 Å². The summed E-state index contributed by atoms with van der Waals surface area (Å²) in [6.07, 6.45) is 3.04. The average Bonchev–Trinajstić information content (AvgIpc) is 3.33. The van der Waals surface area contributed by atoms with E-state index in [4.69, 9.17) is 27.9 Å². The van der Waals surface area contributed by atoms with Crippen LogP contribution in [0.3, 0.4) is 0 Å². The summed E-state index contributed by atoms with van der Waals surface area (Å²) in [5.41, 5.74) is -0.768. The first kappa shape index (κ1) is 17.7. The van der Waals surface area contributed by atoms with Gasteiger partial charge in [0, 0.05) is 17.8 Å². The zero-order valence-electron chi connectivity index (χ0n) is 12.1. The quantitative estimate of drug-likeness (QED) is 0.159. The highest BCUT2D eigenvalue weighted by atomic mass is 35.5. The fraction of sp³-hybridized carbons (Fsp3) is 0.333. The highest BCUT2D eigenvalue weighted by Gasteiger charge is 2.28. The van der Waals surface area contributed by atoms with E-state index in [1.54, 1.807) is 6.92 Å². The van der Waals surface area contributed by atoms with Crippen LogP contribution in [-0.2, 0) is 9.53 Å². The van der Waals surface area contributed by atoms with E-state index >= 15 is 0 Å². The second kappa shape index (κ2) is 7.27. The van der Waals surface area contributed by atoms with E-state index in [1.165, 1.54) is 6.20 Å². The lowest BCUT2D eigenvalue weighted by atomic mass is 10.0. The van der Waals surface area contributed by atoms with Crippen LogP contribution in [0.15, 0.2) is 17.8 Å². The molecule has 2 rings (SSSR count). The van der Waals surface area contributed by atoms with Gasteiger partial charge < -0.3 is 10.1 Å². The van der Waals surface area contributed by atoms with E-state index < -0.39 is 39.0 Å². The number of rotatable bonds is 6. The van der Waals surface area contributed by atoms with Crippen molar-refractivity contribution in [1.29, 1.82) is 0 Å². The summed E-state index contributed by atoms with van der Waals surface area (Å²) in [6.45, 7) is 1.63. The summed E-state index contributed by atoms with van der Waals surface area (Å²) < 4.78 is 31.7. The molecule has 0 bridgehead atoms. The molecule has 0 unspecified atom stereocenters. The molecule has 23 heavy (non-hydrogen) atoms. The third-order valence-corrected chi connectivity index (χ3v) is 3.97. The molecule has 0 atom stereocenters. The Kier molecular flexibility index (Phi) is 5.59. The molecule has 4 nitrogen and oxygen atoms in total. The van der Waals surface area contributed by atoms with Gasteiger partial charge in [0.25, 0.3) is 0 Å². The van der Waals surface area contributed by atoms with Gasteiger partial charge >= 0.3 is 5.97 Å². The standard InChI is InChI=1S/C15H13Cl2F2NO3/c1-2-23-15(22)9(6-20-7-3-4-7)14(21)8-5-10(18)13(19)12(17)11(8)16/h5-7,20H,2-4H2,1H3/b9-6-. The summed E-state index contributed by atoms with van der Waals surface area (Å²) in [5.74, 6) is -4.47. The molecule has 124 valence electrons. The molecule has 1 saturated carbocycles. The fourth-order valence-electron chi connectivity index (χ4n) is 1.76. The zero-order valence-corrected chi connectivity index (χ0v) is 13.6. The maximum Gasteiger partial charge on any atom is 0.343 e. The molecule has 0 aliphatic heterocycles. The number of esters is 1. The Hall–Kier alpha value is -1.66. The van der Waals surface area contributed by atoms with E-state index in [0.29, 0.717) is 6.07 Å². The molecule has 0 spiro atoms. The molecule has 0 saturated heterocycles. The van der Waals surface area contributed by atoms with Gasteiger partial charge in [-0.3, -0.25) is 4.79 Å². The van der Waals surface area contributed by atoms with Crippen molar-refractivity contribution in [1.82, 2.24) is 5.32 Å². The number of Topliss-reactive ketones (excluding diaryl/α,β-unsaturated/α-hetero) is 1. The Morgan fingerprint density at radius 3 is 2.57 bits per heavy atom. The van der Waals surface area contributed by atoms with Gasteiger partial charge in [-0.05, 0) is 25.8 Å². The Morgan fingerprint density at radius 1 is 1.35 bits per heavy atom. The predicted molar refractivity (Wildman–Crippen MR) is 81.6 cm³/mol. The molecule has 1 fully saturated rings. The third kappa shape index (κ3) is 4.00. The second-order valence-electron chi connectivity index (χ2n) is 4.90. The van der Waals surface area contributed by atoms with E-state index in [0.717, 1.165) is 12.8 Å². The monoisotopic (exact) mass is 363 g/mol. The SMILES string of the molecule is CCOC(=O)/C(=C\NC1CC1)C(=O)c1cc(F)c(F)c(Cl)c1Cl. The van der Waals surface area contributed by atoms with Gasteiger partial charge in [0.2, 0.25) is 5.78 Å². The average molecular weight is 364 g/mol. The Morgan fingerprint density at radius 2 is 2.00 bits per heavy atom. The molecule has 1 aromatic rings. The van der Waals surface area contributed by atoms with Crippen molar-refractivity contribution in [3.8, 4) is 0 Å². The molecular weight excluding hydrogens is 351 g/mol. The number of hydrogen-bond acceptors (Lipinski definition) is 4. The van der Waals surface area contributed by atoms with Gasteiger partial charge in [0.05, 0.1) is 16.7 Å². The van der Waals surface area contributed by atoms with Crippen molar-refractivity contribution in [2.24, 2.45) is 0 Å². The van der Waals surface area contributed by atoms with Crippen LogP contribution >= 0.6 is 23.2 Å². The van der Waals surface area contributed by atoms with Gasteiger partial charge in [-0.1, -0.05) is 23.2 Å². The number of nitrogens with one attached hydrogen (secondary N) is 1. The molecule has 0 amide bonds. The van der Waals surface area contributed by atoms with Crippen LogP contribution in [0.1, 0.15) is 30.1 Å². The van der Waals surface area contributed by atoms with Crippen LogP contribution in [0.25, 0.3) is 0 Å². The van der Waals surface area contributed by atoms with Crippen molar-refractivity contribution >= 4 is 35.0 Å². The second-order valence-corrected chi connectivity index (χ2v) is 5.65. The number of ketones is 1. The van der Waals surface area contributed by atoms with Crippen LogP contribution in [-0.4, -0.2) is 24.4 Å². The van der Waals surface area contributed by atoms with Crippen molar-refractivity contribution in [2.75, 3.05) is 6.61 Å². The van der Waals surface area contributed by atoms with Gasteiger partial charge in [-0.25, -0.2) is 13.6 Å². The summed E-state index contributed by atoms with van der Waals surface area (Å²) >= 11 is 11.4. The molecule has 0 heterocycles. The molecular formula is C15H13Cl2F2NO3. The lowest BCUT2D eigenvalue weighted by Gasteiger charge is -2.10. The molecule has 0 aromatic heterocycles. The third-order valence-electron chi connectivity index (χ3n) is 3.13. The summed E-state index contributed by atoms with van der Waals surface area (Å²) in [6, 6.07) is 0.784. The smallest absolute Gasteiger partial charge is 0.343 e. The first-order valence-electron chi connectivity index (χ1n) is 6.87. The van der Waals surface area contributed by atoms with Gasteiger partial charge in [-0.15, -0.1) is 0 Å². The van der Waals surface area contributed by atoms with Crippen LogP contribution in [0.4, 0.5) is 8.78 Å². The highest BCUT2D eigenvalue weighted by molar-refractivity contribution is 6.45.